The van der Waals surface area contributed by atoms with Gasteiger partial charge >= 0.3 is 0 Å². The number of H-pyrrole nitrogens is 1. The molecule has 0 saturated carbocycles. The van der Waals surface area contributed by atoms with Gasteiger partial charge in [0.1, 0.15) is 5.75 Å². The number of methoxy groups -OCH3 is 1. The van der Waals surface area contributed by atoms with Crippen LogP contribution in [-0.2, 0) is 0 Å². The molecule has 0 atom stereocenters. The monoisotopic (exact) mass is 307 g/mol. The van der Waals surface area contributed by atoms with Crippen molar-refractivity contribution in [2.45, 2.75) is 6.92 Å². The highest BCUT2D eigenvalue weighted by Gasteiger charge is 2.10. The van der Waals surface area contributed by atoms with Crippen molar-refractivity contribution in [3.05, 3.63) is 65.4 Å². The highest BCUT2D eigenvalue weighted by Crippen LogP contribution is 2.20. The molecule has 3 rings (SSSR count). The number of nitrogens with zero attached hydrogens (tertiary/aromatic N) is 1. The van der Waals surface area contributed by atoms with Gasteiger partial charge in [0.2, 0.25) is 0 Å². The number of aromatic nitrogens is 1. The number of aromatic amines is 1. The fourth-order valence-corrected chi connectivity index (χ4v) is 2.51. The summed E-state index contributed by atoms with van der Waals surface area (Å²) in [6, 6.07) is 15.0. The van der Waals surface area contributed by atoms with Gasteiger partial charge in [0.15, 0.2) is 0 Å². The van der Waals surface area contributed by atoms with Crippen LogP contribution in [0.2, 0.25) is 0 Å². The molecule has 2 N–H and O–H groups in total. The van der Waals surface area contributed by atoms with Crippen LogP contribution in [0.5, 0.6) is 5.75 Å². The topological polar surface area (TPSA) is 66.5 Å². The Kier molecular flexibility index (Phi) is 4.10. The summed E-state index contributed by atoms with van der Waals surface area (Å²) in [6.45, 7) is 1.98. The number of ether oxygens (including phenoxy) is 1. The molecule has 116 valence electrons. The van der Waals surface area contributed by atoms with Crippen molar-refractivity contribution >= 4 is 23.0 Å². The summed E-state index contributed by atoms with van der Waals surface area (Å²) < 4.78 is 5.18. The summed E-state index contributed by atoms with van der Waals surface area (Å²) in [5.74, 6) is 0.208. The zero-order valence-corrected chi connectivity index (χ0v) is 13.0. The number of nitrogens with one attached hydrogen (secondary N) is 2. The molecule has 0 saturated heterocycles. The highest BCUT2D eigenvalue weighted by molar-refractivity contribution is 6.02. The molecule has 23 heavy (non-hydrogen) atoms. The number of carbonyl (C=O) groups excluding carboxylic acids is 1. The third kappa shape index (κ3) is 2.94. The first-order chi connectivity index (χ1) is 11.2. The smallest absolute Gasteiger partial charge is 0.275 e. The second-order valence-corrected chi connectivity index (χ2v) is 5.11. The van der Waals surface area contributed by atoms with Gasteiger partial charge in [0.25, 0.3) is 5.91 Å². The zero-order valence-electron chi connectivity index (χ0n) is 13.0. The molecule has 1 heterocycles. The third-order valence-corrected chi connectivity index (χ3v) is 3.65. The lowest BCUT2D eigenvalue weighted by Gasteiger charge is -2.05. The molecule has 0 unspecified atom stereocenters. The first-order valence-electron chi connectivity index (χ1n) is 7.24. The normalized spacial score (nSPS) is 11.0. The number of hydrazone groups is 1. The lowest BCUT2D eigenvalue weighted by Crippen LogP contribution is -2.18. The summed E-state index contributed by atoms with van der Waals surface area (Å²) in [4.78, 5) is 15.5. The number of rotatable bonds is 4. The van der Waals surface area contributed by atoms with Crippen molar-refractivity contribution in [1.82, 2.24) is 10.4 Å². The Balaban J connectivity index is 1.81. The number of aryl methyl sites for hydroxylation is 1. The first-order valence-corrected chi connectivity index (χ1v) is 7.24. The van der Waals surface area contributed by atoms with Crippen LogP contribution in [0.4, 0.5) is 0 Å². The van der Waals surface area contributed by atoms with Crippen LogP contribution >= 0.6 is 0 Å². The van der Waals surface area contributed by atoms with Crippen LogP contribution < -0.4 is 10.2 Å². The molecule has 3 aromatic rings. The molecule has 1 aromatic heterocycles. The van der Waals surface area contributed by atoms with Crippen LogP contribution in [0, 0.1) is 6.92 Å². The summed E-state index contributed by atoms with van der Waals surface area (Å²) >= 11 is 0. The van der Waals surface area contributed by atoms with E-state index in [2.05, 4.69) is 15.5 Å². The van der Waals surface area contributed by atoms with Crippen molar-refractivity contribution in [2.24, 2.45) is 5.10 Å². The fraction of sp³-hybridized carbons (Fsp3) is 0.111. The third-order valence-electron chi connectivity index (χ3n) is 3.65. The van der Waals surface area contributed by atoms with E-state index in [1.807, 2.05) is 37.3 Å². The Labute approximate surface area is 134 Å². The Morgan fingerprint density at radius 3 is 2.74 bits per heavy atom. The van der Waals surface area contributed by atoms with Gasteiger partial charge in [-0.3, -0.25) is 4.79 Å². The maximum absolute atomic E-state index is 12.2. The molecule has 0 aliphatic rings. The number of amides is 1. The van der Waals surface area contributed by atoms with Crippen molar-refractivity contribution in [1.29, 1.82) is 0 Å². The van der Waals surface area contributed by atoms with Gasteiger partial charge in [0, 0.05) is 22.2 Å². The van der Waals surface area contributed by atoms with E-state index in [9.17, 15) is 4.79 Å². The van der Waals surface area contributed by atoms with Crippen molar-refractivity contribution < 1.29 is 9.53 Å². The minimum Gasteiger partial charge on any atom is -0.496 e. The van der Waals surface area contributed by atoms with E-state index in [1.54, 1.807) is 24.4 Å². The Hall–Kier alpha value is -3.08. The van der Waals surface area contributed by atoms with E-state index in [4.69, 9.17) is 4.74 Å². The Bertz CT molecular complexity index is 881. The van der Waals surface area contributed by atoms with Gasteiger partial charge in [-0.1, -0.05) is 30.3 Å². The molecule has 5 heteroatoms. The quantitative estimate of drug-likeness (QED) is 0.574. The van der Waals surface area contributed by atoms with Crippen LogP contribution in [-0.4, -0.2) is 24.2 Å². The van der Waals surface area contributed by atoms with Crippen LogP contribution in [0.1, 0.15) is 21.6 Å². The summed E-state index contributed by atoms with van der Waals surface area (Å²) in [5, 5.41) is 5.15. The molecule has 0 aliphatic heterocycles. The molecular formula is C18H17N3O2. The van der Waals surface area contributed by atoms with Gasteiger partial charge in [-0.15, -0.1) is 0 Å². The standard InChI is InChI=1S/C18H17N3O2/c1-12-15(13-7-3-5-9-16(13)20-12)11-19-21-18(22)14-8-4-6-10-17(14)23-2/h3-11,20H,1-2H3,(H,21,22)/b19-11-. The number of hydrogen-bond donors (Lipinski definition) is 2. The highest BCUT2D eigenvalue weighted by atomic mass is 16.5. The molecule has 0 spiro atoms. The van der Waals surface area contributed by atoms with E-state index >= 15 is 0 Å². The molecule has 0 radical (unpaired) electrons. The second kappa shape index (κ2) is 6.36. The van der Waals surface area contributed by atoms with E-state index in [0.29, 0.717) is 11.3 Å². The van der Waals surface area contributed by atoms with E-state index in [1.165, 1.54) is 7.11 Å². The Morgan fingerprint density at radius 1 is 1.17 bits per heavy atom. The molecular weight excluding hydrogens is 290 g/mol. The first kappa shape index (κ1) is 14.8. The predicted molar refractivity (Wildman–Crippen MR) is 91.1 cm³/mol. The maximum atomic E-state index is 12.2. The van der Waals surface area contributed by atoms with Crippen LogP contribution in [0.25, 0.3) is 10.9 Å². The van der Waals surface area contributed by atoms with Crippen molar-refractivity contribution in [2.75, 3.05) is 7.11 Å². The molecule has 2 aromatic carbocycles. The minimum atomic E-state index is -0.309. The van der Waals surface area contributed by atoms with Crippen LogP contribution in [0.15, 0.2) is 53.6 Å². The van der Waals surface area contributed by atoms with Crippen molar-refractivity contribution in [3.63, 3.8) is 0 Å². The number of carbonyl (C=O) groups is 1. The SMILES string of the molecule is COc1ccccc1C(=O)N/N=C\c1c(C)[nH]c2ccccc12. The van der Waals surface area contributed by atoms with Gasteiger partial charge in [-0.05, 0) is 25.1 Å². The van der Waals surface area contributed by atoms with Crippen molar-refractivity contribution in [3.8, 4) is 5.75 Å². The number of hydrogen-bond acceptors (Lipinski definition) is 3. The summed E-state index contributed by atoms with van der Waals surface area (Å²) in [7, 11) is 1.53. The zero-order chi connectivity index (χ0) is 16.2. The predicted octanol–water partition coefficient (Wildman–Crippen LogP) is 3.25. The molecule has 1 amide bonds. The average molecular weight is 307 g/mol. The fourth-order valence-electron chi connectivity index (χ4n) is 2.51. The number of benzene rings is 2. The summed E-state index contributed by atoms with van der Waals surface area (Å²) in [6.07, 6.45) is 1.65. The molecule has 0 fully saturated rings. The summed E-state index contributed by atoms with van der Waals surface area (Å²) in [5.41, 5.74) is 5.99. The molecule has 0 aliphatic carbocycles. The lowest BCUT2D eigenvalue weighted by molar-refractivity contribution is 0.0952. The van der Waals surface area contributed by atoms with Gasteiger partial charge in [-0.25, -0.2) is 5.43 Å². The lowest BCUT2D eigenvalue weighted by atomic mass is 10.1. The van der Waals surface area contributed by atoms with Gasteiger partial charge in [-0.2, -0.15) is 5.10 Å². The number of para-hydroxylation sites is 2. The van der Waals surface area contributed by atoms with Gasteiger partial charge in [0.05, 0.1) is 18.9 Å². The van der Waals surface area contributed by atoms with E-state index in [0.717, 1.165) is 22.2 Å². The molecule has 5 nitrogen and oxygen atoms in total. The van der Waals surface area contributed by atoms with E-state index in [-0.39, 0.29) is 5.91 Å². The second-order valence-electron chi connectivity index (χ2n) is 5.11. The maximum Gasteiger partial charge on any atom is 0.275 e. The largest absolute Gasteiger partial charge is 0.496 e. The Morgan fingerprint density at radius 2 is 1.91 bits per heavy atom. The van der Waals surface area contributed by atoms with E-state index < -0.39 is 0 Å². The number of fused-ring (bicyclic) bond motifs is 1. The molecule has 0 bridgehead atoms. The minimum absolute atomic E-state index is 0.309. The van der Waals surface area contributed by atoms with Gasteiger partial charge < -0.3 is 9.72 Å². The average Bonchev–Trinajstić information content (AvgIpc) is 2.90. The van der Waals surface area contributed by atoms with Crippen LogP contribution in [0.3, 0.4) is 0 Å².